The molecule has 3 aromatic rings. The highest BCUT2D eigenvalue weighted by Crippen LogP contribution is 2.26. The summed E-state index contributed by atoms with van der Waals surface area (Å²) in [5.74, 6) is 1.23. The molecule has 1 aliphatic heterocycles. The minimum Gasteiger partial charge on any atom is -0.356 e. The Bertz CT molecular complexity index is 1080. The molecule has 164 valence electrons. The largest absolute Gasteiger partial charge is 0.356 e. The van der Waals surface area contributed by atoms with E-state index in [1.54, 1.807) is 12.4 Å². The Hall–Kier alpha value is -3.57. The van der Waals surface area contributed by atoms with Crippen LogP contribution in [-0.4, -0.2) is 45.6 Å². The summed E-state index contributed by atoms with van der Waals surface area (Å²) in [6.45, 7) is 2.70. The monoisotopic (exact) mass is 430 g/mol. The van der Waals surface area contributed by atoms with E-state index in [-0.39, 0.29) is 11.8 Å². The third-order valence-corrected chi connectivity index (χ3v) is 5.74. The average Bonchev–Trinajstić information content (AvgIpc) is 3.31. The lowest BCUT2D eigenvalue weighted by Gasteiger charge is -2.22. The highest BCUT2D eigenvalue weighted by molar-refractivity contribution is 5.76. The lowest BCUT2D eigenvalue weighted by molar-refractivity contribution is -0.121. The van der Waals surface area contributed by atoms with Gasteiger partial charge >= 0.3 is 0 Å². The SMILES string of the molecule is N#Cc1ccccc1CN1CCCC(c2nc(-c3cccnc3)no2)CCNC(=O)CC1. The van der Waals surface area contributed by atoms with E-state index in [2.05, 4.69) is 31.4 Å². The van der Waals surface area contributed by atoms with E-state index in [1.807, 2.05) is 36.4 Å². The minimum atomic E-state index is 0.0331. The number of nitrogens with one attached hydrogen (secondary N) is 1. The molecule has 32 heavy (non-hydrogen) atoms. The molecule has 0 saturated carbocycles. The van der Waals surface area contributed by atoms with Crippen molar-refractivity contribution in [2.75, 3.05) is 19.6 Å². The molecule has 1 amide bonds. The van der Waals surface area contributed by atoms with Gasteiger partial charge < -0.3 is 9.84 Å². The van der Waals surface area contributed by atoms with E-state index in [0.29, 0.717) is 43.3 Å². The number of aromatic nitrogens is 3. The first-order chi connectivity index (χ1) is 15.7. The van der Waals surface area contributed by atoms with Crippen molar-refractivity contribution in [1.82, 2.24) is 25.3 Å². The lowest BCUT2D eigenvalue weighted by atomic mass is 9.99. The molecule has 0 bridgehead atoms. The summed E-state index contributed by atoms with van der Waals surface area (Å²) in [5.41, 5.74) is 2.48. The highest BCUT2D eigenvalue weighted by Gasteiger charge is 2.22. The fraction of sp³-hybridized carbons (Fsp3) is 0.375. The molecule has 1 N–H and O–H groups in total. The zero-order valence-electron chi connectivity index (χ0n) is 17.9. The third kappa shape index (κ3) is 5.56. The lowest BCUT2D eigenvalue weighted by Crippen LogP contribution is -2.31. The number of rotatable bonds is 4. The molecule has 0 radical (unpaired) electrons. The Balaban J connectivity index is 1.46. The summed E-state index contributed by atoms with van der Waals surface area (Å²) < 4.78 is 5.59. The minimum absolute atomic E-state index is 0.0331. The molecule has 2 aromatic heterocycles. The molecule has 1 aromatic carbocycles. The Morgan fingerprint density at radius 3 is 2.94 bits per heavy atom. The Kier molecular flexibility index (Phi) is 7.20. The number of benzene rings is 1. The number of hydrogen-bond donors (Lipinski definition) is 1. The third-order valence-electron chi connectivity index (χ3n) is 5.74. The molecular formula is C24H26N6O2. The molecule has 0 spiro atoms. The predicted molar refractivity (Wildman–Crippen MR) is 118 cm³/mol. The maximum absolute atomic E-state index is 12.3. The van der Waals surface area contributed by atoms with Gasteiger partial charge in [0.2, 0.25) is 17.6 Å². The van der Waals surface area contributed by atoms with Gasteiger partial charge in [0.15, 0.2) is 0 Å². The topological polar surface area (TPSA) is 108 Å². The molecule has 1 aliphatic rings. The van der Waals surface area contributed by atoms with Crippen molar-refractivity contribution in [2.24, 2.45) is 0 Å². The second-order valence-electron chi connectivity index (χ2n) is 7.97. The molecule has 4 rings (SSSR count). The van der Waals surface area contributed by atoms with E-state index in [1.165, 1.54) is 0 Å². The van der Waals surface area contributed by atoms with E-state index < -0.39 is 0 Å². The number of amides is 1. The standard InChI is InChI=1S/C24H26N6O2/c25-15-19-5-1-2-6-21(19)17-30-13-4-8-18(9-12-27-22(31)10-14-30)24-28-23(29-32-24)20-7-3-11-26-16-20/h1-3,5-7,11,16,18H,4,8-10,12-14,17H2,(H,27,31). The van der Waals surface area contributed by atoms with Gasteiger partial charge in [0.25, 0.3) is 0 Å². The van der Waals surface area contributed by atoms with Crippen LogP contribution in [0.1, 0.15) is 48.6 Å². The molecule has 8 heteroatoms. The predicted octanol–water partition coefficient (Wildman–Crippen LogP) is 3.28. The van der Waals surface area contributed by atoms with Crippen molar-refractivity contribution < 1.29 is 9.32 Å². The van der Waals surface area contributed by atoms with Crippen LogP contribution in [0.2, 0.25) is 0 Å². The molecule has 1 fully saturated rings. The number of carbonyl (C=O) groups excluding carboxylic acids is 1. The van der Waals surface area contributed by atoms with Gasteiger partial charge in [-0.05, 0) is 49.6 Å². The van der Waals surface area contributed by atoms with E-state index >= 15 is 0 Å². The number of hydrogen-bond acceptors (Lipinski definition) is 7. The van der Waals surface area contributed by atoms with Crippen LogP contribution in [-0.2, 0) is 11.3 Å². The van der Waals surface area contributed by atoms with Crippen LogP contribution < -0.4 is 5.32 Å². The van der Waals surface area contributed by atoms with Gasteiger partial charge in [-0.25, -0.2) is 0 Å². The van der Waals surface area contributed by atoms with Gasteiger partial charge in [0, 0.05) is 49.9 Å². The molecule has 0 aliphatic carbocycles. The molecule has 3 heterocycles. The van der Waals surface area contributed by atoms with Crippen LogP contribution in [0.25, 0.3) is 11.4 Å². The fourth-order valence-electron chi connectivity index (χ4n) is 3.98. The Morgan fingerprint density at radius 2 is 2.09 bits per heavy atom. The summed E-state index contributed by atoms with van der Waals surface area (Å²) >= 11 is 0. The van der Waals surface area contributed by atoms with Gasteiger partial charge in [0.1, 0.15) is 0 Å². The van der Waals surface area contributed by atoms with Crippen LogP contribution in [0.15, 0.2) is 53.3 Å². The summed E-state index contributed by atoms with van der Waals surface area (Å²) in [4.78, 5) is 23.3. The average molecular weight is 431 g/mol. The molecule has 8 nitrogen and oxygen atoms in total. The molecule has 1 unspecified atom stereocenters. The summed E-state index contributed by atoms with van der Waals surface area (Å²) in [6.07, 6.45) is 6.41. The molecule has 1 saturated heterocycles. The quantitative estimate of drug-likeness (QED) is 0.677. The van der Waals surface area contributed by atoms with Gasteiger partial charge in [-0.15, -0.1) is 0 Å². The van der Waals surface area contributed by atoms with Crippen molar-refractivity contribution in [3.05, 3.63) is 65.8 Å². The first kappa shape index (κ1) is 21.7. The second-order valence-corrected chi connectivity index (χ2v) is 7.97. The maximum atomic E-state index is 12.3. The van der Waals surface area contributed by atoms with Crippen LogP contribution in [0.4, 0.5) is 0 Å². The molecular weight excluding hydrogens is 404 g/mol. The van der Waals surface area contributed by atoms with Crippen LogP contribution in [0.5, 0.6) is 0 Å². The Labute approximate surface area is 187 Å². The molecule has 1 atom stereocenters. The van der Waals surface area contributed by atoms with Crippen LogP contribution in [0.3, 0.4) is 0 Å². The Morgan fingerprint density at radius 1 is 1.19 bits per heavy atom. The van der Waals surface area contributed by atoms with Gasteiger partial charge in [-0.3, -0.25) is 14.7 Å². The second kappa shape index (κ2) is 10.6. The first-order valence-electron chi connectivity index (χ1n) is 10.9. The van der Waals surface area contributed by atoms with Crippen molar-refractivity contribution in [3.63, 3.8) is 0 Å². The number of pyridine rings is 1. The van der Waals surface area contributed by atoms with Crippen LogP contribution >= 0.6 is 0 Å². The zero-order valence-corrected chi connectivity index (χ0v) is 17.9. The normalized spacial score (nSPS) is 18.3. The van der Waals surface area contributed by atoms with Gasteiger partial charge in [-0.1, -0.05) is 23.4 Å². The highest BCUT2D eigenvalue weighted by atomic mass is 16.5. The number of nitriles is 1. The first-order valence-corrected chi connectivity index (χ1v) is 10.9. The van der Waals surface area contributed by atoms with E-state index in [0.717, 1.165) is 36.9 Å². The fourth-order valence-corrected chi connectivity index (χ4v) is 3.98. The van der Waals surface area contributed by atoms with Gasteiger partial charge in [-0.2, -0.15) is 10.2 Å². The van der Waals surface area contributed by atoms with Crippen molar-refractivity contribution in [3.8, 4) is 17.5 Å². The van der Waals surface area contributed by atoms with Gasteiger partial charge in [0.05, 0.1) is 11.6 Å². The zero-order chi connectivity index (χ0) is 22.2. The van der Waals surface area contributed by atoms with Crippen molar-refractivity contribution in [1.29, 1.82) is 5.26 Å². The summed E-state index contributed by atoms with van der Waals surface area (Å²) in [6, 6.07) is 13.6. The maximum Gasteiger partial charge on any atom is 0.230 e. The summed E-state index contributed by atoms with van der Waals surface area (Å²) in [7, 11) is 0. The summed E-state index contributed by atoms with van der Waals surface area (Å²) in [5, 5.41) is 16.5. The number of carbonyl (C=O) groups is 1. The number of nitrogens with zero attached hydrogens (tertiary/aromatic N) is 5. The van der Waals surface area contributed by atoms with E-state index in [4.69, 9.17) is 4.52 Å². The van der Waals surface area contributed by atoms with Crippen molar-refractivity contribution >= 4 is 5.91 Å². The smallest absolute Gasteiger partial charge is 0.230 e. The van der Waals surface area contributed by atoms with Crippen LogP contribution in [0, 0.1) is 11.3 Å². The van der Waals surface area contributed by atoms with Crippen molar-refractivity contribution in [2.45, 2.75) is 38.1 Å². The van der Waals surface area contributed by atoms with E-state index in [9.17, 15) is 10.1 Å².